The molecule has 0 fully saturated rings. The van der Waals surface area contributed by atoms with Gasteiger partial charge in [0.15, 0.2) is 0 Å². The zero-order valence-electron chi connectivity index (χ0n) is 20.0. The van der Waals surface area contributed by atoms with Crippen molar-refractivity contribution in [2.75, 3.05) is 78.3 Å². The van der Waals surface area contributed by atoms with E-state index >= 15 is 0 Å². The highest BCUT2D eigenvalue weighted by Crippen LogP contribution is 2.14. The maximum Gasteiger partial charge on any atom is 0.515 e. The van der Waals surface area contributed by atoms with Crippen LogP contribution in [0.15, 0.2) is 0 Å². The molecule has 0 unspecified atom stereocenters. The van der Waals surface area contributed by atoms with Gasteiger partial charge in [0.05, 0.1) is 6.17 Å². The SMILES string of the molecule is CCO[Si](CN(CCCN(CC)CC)CCCN(CC)CC)(OCC)OCC. The third-order valence-electron chi connectivity index (χ3n) is 5.20. The summed E-state index contributed by atoms with van der Waals surface area (Å²) in [5, 5.41) is 0. The first-order valence-electron chi connectivity index (χ1n) is 11.6. The lowest BCUT2D eigenvalue weighted by molar-refractivity contribution is 0.0555. The van der Waals surface area contributed by atoms with Crippen molar-refractivity contribution < 1.29 is 13.3 Å². The molecule has 0 bridgehead atoms. The van der Waals surface area contributed by atoms with Crippen LogP contribution in [0.4, 0.5) is 0 Å². The molecule has 6 nitrogen and oxygen atoms in total. The molecular weight excluding hydrogens is 370 g/mol. The molecule has 0 rings (SSSR count). The Morgan fingerprint density at radius 3 is 1.11 bits per heavy atom. The minimum atomic E-state index is -2.65. The van der Waals surface area contributed by atoms with Gasteiger partial charge in [0.1, 0.15) is 0 Å². The minimum Gasteiger partial charge on any atom is -0.373 e. The highest BCUT2D eigenvalue weighted by molar-refractivity contribution is 6.60. The molecule has 7 heteroatoms. The molecule has 0 saturated heterocycles. The molecule has 170 valence electrons. The zero-order valence-corrected chi connectivity index (χ0v) is 21.0. The summed E-state index contributed by atoms with van der Waals surface area (Å²) in [4.78, 5) is 7.51. The molecule has 0 spiro atoms. The third kappa shape index (κ3) is 11.9. The predicted molar refractivity (Wildman–Crippen MR) is 122 cm³/mol. The van der Waals surface area contributed by atoms with Crippen molar-refractivity contribution in [3.05, 3.63) is 0 Å². The van der Waals surface area contributed by atoms with Gasteiger partial charge < -0.3 is 23.1 Å². The Morgan fingerprint density at radius 1 is 0.500 bits per heavy atom. The normalized spacial score (nSPS) is 12.6. The van der Waals surface area contributed by atoms with Gasteiger partial charge in [-0.3, -0.25) is 4.90 Å². The van der Waals surface area contributed by atoms with Crippen LogP contribution in [0.2, 0.25) is 0 Å². The monoisotopic (exact) mass is 419 g/mol. The summed E-state index contributed by atoms with van der Waals surface area (Å²) in [5.41, 5.74) is 0. The molecule has 0 saturated carbocycles. The Hall–Kier alpha value is -0.0231. The highest BCUT2D eigenvalue weighted by atomic mass is 28.4. The van der Waals surface area contributed by atoms with Crippen LogP contribution < -0.4 is 0 Å². The minimum absolute atomic E-state index is 0.638. The second-order valence-corrected chi connectivity index (χ2v) is 9.57. The Kier molecular flexibility index (Phi) is 17.8. The molecule has 0 aliphatic heterocycles. The van der Waals surface area contributed by atoms with E-state index in [1.54, 1.807) is 0 Å². The van der Waals surface area contributed by atoms with Gasteiger partial charge in [-0.15, -0.1) is 0 Å². The fourth-order valence-corrected chi connectivity index (χ4v) is 6.29. The van der Waals surface area contributed by atoms with Gasteiger partial charge in [0, 0.05) is 19.8 Å². The summed E-state index contributed by atoms with van der Waals surface area (Å²) in [6, 6.07) is 0. The average molecular weight is 420 g/mol. The smallest absolute Gasteiger partial charge is 0.373 e. The molecule has 0 heterocycles. The third-order valence-corrected chi connectivity index (χ3v) is 8.22. The molecule has 0 N–H and O–H groups in total. The summed E-state index contributed by atoms with van der Waals surface area (Å²) in [7, 11) is -2.65. The first-order chi connectivity index (χ1) is 13.5. The van der Waals surface area contributed by atoms with E-state index in [4.69, 9.17) is 13.3 Å². The highest BCUT2D eigenvalue weighted by Gasteiger charge is 2.42. The number of hydrogen-bond acceptors (Lipinski definition) is 6. The van der Waals surface area contributed by atoms with Crippen LogP contribution in [0, 0.1) is 0 Å². The Balaban J connectivity index is 4.97. The fourth-order valence-electron chi connectivity index (χ4n) is 3.58. The number of nitrogens with zero attached hydrogens (tertiary/aromatic N) is 3. The maximum atomic E-state index is 6.11. The van der Waals surface area contributed by atoms with Gasteiger partial charge in [0.25, 0.3) is 0 Å². The van der Waals surface area contributed by atoms with E-state index in [1.807, 2.05) is 20.8 Å². The van der Waals surface area contributed by atoms with E-state index in [2.05, 4.69) is 42.4 Å². The lowest BCUT2D eigenvalue weighted by Crippen LogP contribution is -2.56. The van der Waals surface area contributed by atoms with Gasteiger partial charge in [0.2, 0.25) is 0 Å². The number of rotatable bonds is 20. The van der Waals surface area contributed by atoms with Crippen molar-refractivity contribution >= 4 is 8.80 Å². The van der Waals surface area contributed by atoms with Crippen molar-refractivity contribution in [1.82, 2.24) is 14.7 Å². The largest absolute Gasteiger partial charge is 0.515 e. The van der Waals surface area contributed by atoms with E-state index in [-0.39, 0.29) is 0 Å². The number of hydrogen-bond donors (Lipinski definition) is 0. The van der Waals surface area contributed by atoms with Crippen molar-refractivity contribution in [2.45, 2.75) is 61.3 Å². The van der Waals surface area contributed by atoms with Crippen LogP contribution in [0.25, 0.3) is 0 Å². The molecule has 0 aliphatic carbocycles. The van der Waals surface area contributed by atoms with Gasteiger partial charge in [-0.25, -0.2) is 0 Å². The van der Waals surface area contributed by atoms with Crippen LogP contribution in [-0.2, 0) is 13.3 Å². The predicted octanol–water partition coefficient (Wildman–Crippen LogP) is 3.34. The topological polar surface area (TPSA) is 37.4 Å². The van der Waals surface area contributed by atoms with E-state index in [1.165, 1.54) is 12.8 Å². The van der Waals surface area contributed by atoms with Gasteiger partial charge in [-0.05, 0) is 86.0 Å². The van der Waals surface area contributed by atoms with Crippen LogP contribution in [0.1, 0.15) is 61.3 Å². The van der Waals surface area contributed by atoms with Crippen LogP contribution in [0.3, 0.4) is 0 Å². The molecule has 0 aliphatic rings. The lowest BCUT2D eigenvalue weighted by Gasteiger charge is -2.34. The van der Waals surface area contributed by atoms with Crippen molar-refractivity contribution in [1.29, 1.82) is 0 Å². The summed E-state index contributed by atoms with van der Waals surface area (Å²) in [6.07, 6.45) is 3.13. The Morgan fingerprint density at radius 2 is 0.821 bits per heavy atom. The van der Waals surface area contributed by atoms with Crippen molar-refractivity contribution in [3.8, 4) is 0 Å². The van der Waals surface area contributed by atoms with E-state index in [0.717, 1.165) is 58.5 Å². The molecule has 0 radical (unpaired) electrons. The second-order valence-electron chi connectivity index (χ2n) is 7.02. The summed E-state index contributed by atoms with van der Waals surface area (Å²) in [5.74, 6) is 0. The quantitative estimate of drug-likeness (QED) is 0.282. The van der Waals surface area contributed by atoms with E-state index < -0.39 is 8.80 Å². The summed E-state index contributed by atoms with van der Waals surface area (Å²) >= 11 is 0. The molecule has 0 aromatic heterocycles. The first-order valence-corrected chi connectivity index (χ1v) is 13.6. The molecular formula is C21H49N3O3Si. The second kappa shape index (κ2) is 17.8. The van der Waals surface area contributed by atoms with Gasteiger partial charge in [-0.2, -0.15) is 0 Å². The molecule has 0 aromatic carbocycles. The molecule has 28 heavy (non-hydrogen) atoms. The Bertz CT molecular complexity index is 308. The first kappa shape index (κ1) is 28.0. The Labute approximate surface area is 176 Å². The lowest BCUT2D eigenvalue weighted by atomic mass is 10.3. The van der Waals surface area contributed by atoms with E-state index in [0.29, 0.717) is 19.8 Å². The molecule has 0 aromatic rings. The summed E-state index contributed by atoms with van der Waals surface area (Å²) in [6.45, 7) is 25.9. The molecule has 0 atom stereocenters. The van der Waals surface area contributed by atoms with E-state index in [9.17, 15) is 0 Å². The van der Waals surface area contributed by atoms with Crippen molar-refractivity contribution in [3.63, 3.8) is 0 Å². The average Bonchev–Trinajstić information content (AvgIpc) is 2.69. The van der Waals surface area contributed by atoms with Gasteiger partial charge in [-0.1, -0.05) is 27.7 Å². The molecule has 0 amide bonds. The standard InChI is InChI=1S/C21H49N3O3Si/c1-8-22(9-2)17-15-19-24(20-16-18-23(10-3)11-4)21-28(25-12-5,26-13-6)27-14-7/h8-21H2,1-7H3. The van der Waals surface area contributed by atoms with Crippen LogP contribution >= 0.6 is 0 Å². The van der Waals surface area contributed by atoms with Crippen molar-refractivity contribution in [2.24, 2.45) is 0 Å². The van der Waals surface area contributed by atoms with Crippen LogP contribution in [0.5, 0.6) is 0 Å². The fraction of sp³-hybridized carbons (Fsp3) is 1.00. The zero-order chi connectivity index (χ0) is 21.3. The van der Waals surface area contributed by atoms with Crippen LogP contribution in [-0.4, -0.2) is 102 Å². The van der Waals surface area contributed by atoms with Gasteiger partial charge >= 0.3 is 8.80 Å². The maximum absolute atomic E-state index is 6.11. The summed E-state index contributed by atoms with van der Waals surface area (Å²) < 4.78 is 18.3.